The summed E-state index contributed by atoms with van der Waals surface area (Å²) in [7, 11) is 0. The van der Waals surface area contributed by atoms with Crippen LogP contribution in [0.1, 0.15) is 12.5 Å². The highest BCUT2D eigenvalue weighted by Gasteiger charge is 2.06. The van der Waals surface area contributed by atoms with E-state index >= 15 is 0 Å². The van der Waals surface area contributed by atoms with Crippen molar-refractivity contribution in [3.63, 3.8) is 0 Å². The fraction of sp³-hybridized carbons (Fsp3) is 0.143. The van der Waals surface area contributed by atoms with Crippen molar-refractivity contribution in [1.82, 2.24) is 4.98 Å². The standard InChI is InChI=1S/C14H14N4O/c1-2-19-14-11(16)7-8-13(18-14)17-12-6-4-3-5-10(12)9-15/h3-8H,2,16H2,1H3,(H,17,18). The van der Waals surface area contributed by atoms with Crippen molar-refractivity contribution in [3.05, 3.63) is 42.0 Å². The summed E-state index contributed by atoms with van der Waals surface area (Å²) in [5, 5.41) is 12.1. The van der Waals surface area contributed by atoms with Crippen molar-refractivity contribution in [2.45, 2.75) is 6.92 Å². The molecule has 2 aromatic rings. The molecular formula is C14H14N4O. The molecule has 3 N–H and O–H groups in total. The smallest absolute Gasteiger partial charge is 0.239 e. The van der Waals surface area contributed by atoms with Crippen molar-refractivity contribution in [2.24, 2.45) is 0 Å². The number of hydrogen-bond acceptors (Lipinski definition) is 5. The molecule has 19 heavy (non-hydrogen) atoms. The van der Waals surface area contributed by atoms with Gasteiger partial charge in [-0.2, -0.15) is 10.2 Å². The number of nitrogens with zero attached hydrogens (tertiary/aromatic N) is 2. The molecule has 5 heteroatoms. The average molecular weight is 254 g/mol. The van der Waals surface area contributed by atoms with Crippen LogP contribution in [0, 0.1) is 11.3 Å². The summed E-state index contributed by atoms with van der Waals surface area (Å²) in [6.07, 6.45) is 0. The molecule has 96 valence electrons. The number of benzene rings is 1. The van der Waals surface area contributed by atoms with E-state index in [2.05, 4.69) is 16.4 Å². The third-order valence-corrected chi connectivity index (χ3v) is 2.48. The third kappa shape index (κ3) is 2.93. The van der Waals surface area contributed by atoms with E-state index in [9.17, 15) is 0 Å². The van der Waals surface area contributed by atoms with Gasteiger partial charge in [-0.05, 0) is 31.2 Å². The molecule has 0 aliphatic carbocycles. The number of nitrogen functional groups attached to an aromatic ring is 1. The monoisotopic (exact) mass is 254 g/mol. The van der Waals surface area contributed by atoms with Crippen LogP contribution >= 0.6 is 0 Å². The minimum absolute atomic E-state index is 0.391. The zero-order valence-corrected chi connectivity index (χ0v) is 10.6. The molecule has 0 unspecified atom stereocenters. The summed E-state index contributed by atoms with van der Waals surface area (Å²) >= 11 is 0. The number of anilines is 3. The molecule has 1 aromatic heterocycles. The highest BCUT2D eigenvalue weighted by Crippen LogP contribution is 2.24. The average Bonchev–Trinajstić information content (AvgIpc) is 2.43. The van der Waals surface area contributed by atoms with Gasteiger partial charge in [-0.1, -0.05) is 12.1 Å². The van der Waals surface area contributed by atoms with Gasteiger partial charge in [0.2, 0.25) is 5.88 Å². The Balaban J connectivity index is 2.29. The van der Waals surface area contributed by atoms with Gasteiger partial charge < -0.3 is 15.8 Å². The summed E-state index contributed by atoms with van der Waals surface area (Å²) in [4.78, 5) is 4.26. The maximum atomic E-state index is 9.02. The van der Waals surface area contributed by atoms with Crippen LogP contribution in [0.5, 0.6) is 5.88 Å². The zero-order chi connectivity index (χ0) is 13.7. The summed E-state index contributed by atoms with van der Waals surface area (Å²) in [6.45, 7) is 2.36. The predicted octanol–water partition coefficient (Wildman–Crippen LogP) is 2.68. The second-order valence-corrected chi connectivity index (χ2v) is 3.81. The van der Waals surface area contributed by atoms with Crippen LogP contribution in [0.15, 0.2) is 36.4 Å². The van der Waals surface area contributed by atoms with E-state index in [4.69, 9.17) is 15.7 Å². The second-order valence-electron chi connectivity index (χ2n) is 3.81. The molecule has 0 spiro atoms. The number of pyridine rings is 1. The Morgan fingerprint density at radius 2 is 2.11 bits per heavy atom. The van der Waals surface area contributed by atoms with Gasteiger partial charge in [0, 0.05) is 0 Å². The van der Waals surface area contributed by atoms with E-state index in [1.807, 2.05) is 25.1 Å². The highest BCUT2D eigenvalue weighted by atomic mass is 16.5. The van der Waals surface area contributed by atoms with Crippen LogP contribution < -0.4 is 15.8 Å². The lowest BCUT2D eigenvalue weighted by atomic mass is 10.2. The lowest BCUT2D eigenvalue weighted by Crippen LogP contribution is -2.02. The Labute approximate surface area is 111 Å². The van der Waals surface area contributed by atoms with Crippen LogP contribution in [0.4, 0.5) is 17.2 Å². The predicted molar refractivity (Wildman–Crippen MR) is 74.3 cm³/mol. The van der Waals surface area contributed by atoms with E-state index in [0.717, 1.165) is 0 Å². The summed E-state index contributed by atoms with van der Waals surface area (Å²) in [6, 6.07) is 12.8. The van der Waals surface area contributed by atoms with Gasteiger partial charge >= 0.3 is 0 Å². The molecule has 0 amide bonds. The van der Waals surface area contributed by atoms with Crippen LogP contribution in [0.25, 0.3) is 0 Å². The van der Waals surface area contributed by atoms with Crippen LogP contribution in [-0.2, 0) is 0 Å². The lowest BCUT2D eigenvalue weighted by molar-refractivity contribution is 0.329. The number of para-hydroxylation sites is 1. The summed E-state index contributed by atoms with van der Waals surface area (Å²) in [5.41, 5.74) is 7.50. The molecule has 0 aliphatic rings. The SMILES string of the molecule is CCOc1nc(Nc2ccccc2C#N)ccc1N. The van der Waals surface area contributed by atoms with E-state index < -0.39 is 0 Å². The van der Waals surface area contributed by atoms with E-state index in [1.165, 1.54) is 0 Å². The largest absolute Gasteiger partial charge is 0.476 e. The maximum Gasteiger partial charge on any atom is 0.239 e. The van der Waals surface area contributed by atoms with Crippen molar-refractivity contribution in [2.75, 3.05) is 17.7 Å². The molecule has 2 rings (SSSR count). The minimum atomic E-state index is 0.391. The first-order chi connectivity index (χ1) is 9.24. The first-order valence-corrected chi connectivity index (χ1v) is 5.90. The van der Waals surface area contributed by atoms with Gasteiger partial charge in [0.25, 0.3) is 0 Å². The first kappa shape index (κ1) is 12.7. The molecule has 5 nitrogen and oxygen atoms in total. The van der Waals surface area contributed by atoms with E-state index in [1.54, 1.807) is 18.2 Å². The van der Waals surface area contributed by atoms with Crippen molar-refractivity contribution in [3.8, 4) is 11.9 Å². The molecule has 0 bridgehead atoms. The second kappa shape index (κ2) is 5.74. The van der Waals surface area contributed by atoms with Gasteiger partial charge in [-0.25, -0.2) is 0 Å². The Morgan fingerprint density at radius 1 is 1.32 bits per heavy atom. The Morgan fingerprint density at radius 3 is 2.84 bits per heavy atom. The number of nitriles is 1. The van der Waals surface area contributed by atoms with Gasteiger partial charge in [0.15, 0.2) is 0 Å². The quantitative estimate of drug-likeness (QED) is 0.876. The normalized spacial score (nSPS) is 9.68. The molecule has 0 fully saturated rings. The van der Waals surface area contributed by atoms with Crippen molar-refractivity contribution < 1.29 is 4.74 Å². The van der Waals surface area contributed by atoms with Crippen LogP contribution in [0.2, 0.25) is 0 Å². The molecule has 0 aliphatic heterocycles. The van der Waals surface area contributed by atoms with Crippen molar-refractivity contribution >= 4 is 17.2 Å². The molecule has 0 saturated carbocycles. The zero-order valence-electron chi connectivity index (χ0n) is 10.6. The molecule has 0 atom stereocenters. The molecule has 1 heterocycles. The number of nitrogens with two attached hydrogens (primary N) is 1. The lowest BCUT2D eigenvalue weighted by Gasteiger charge is -2.10. The fourth-order valence-electron chi connectivity index (χ4n) is 1.60. The molecule has 1 aromatic carbocycles. The van der Waals surface area contributed by atoms with Crippen molar-refractivity contribution in [1.29, 1.82) is 5.26 Å². The van der Waals surface area contributed by atoms with Gasteiger partial charge in [-0.3, -0.25) is 0 Å². The summed E-state index contributed by atoms with van der Waals surface area (Å²) < 4.78 is 5.33. The molecule has 0 radical (unpaired) electrons. The Kier molecular flexibility index (Phi) is 3.84. The van der Waals surface area contributed by atoms with E-state index in [0.29, 0.717) is 35.2 Å². The Bertz CT molecular complexity index is 619. The number of aromatic nitrogens is 1. The number of ether oxygens (including phenoxy) is 1. The first-order valence-electron chi connectivity index (χ1n) is 5.90. The number of nitrogens with one attached hydrogen (secondary N) is 1. The highest BCUT2D eigenvalue weighted by molar-refractivity contribution is 5.66. The number of hydrogen-bond donors (Lipinski definition) is 2. The molecular weight excluding hydrogens is 240 g/mol. The van der Waals surface area contributed by atoms with E-state index in [-0.39, 0.29) is 0 Å². The van der Waals surface area contributed by atoms with Gasteiger partial charge in [-0.15, -0.1) is 0 Å². The fourth-order valence-corrected chi connectivity index (χ4v) is 1.60. The molecule has 0 saturated heterocycles. The van der Waals surface area contributed by atoms with Gasteiger partial charge in [0.1, 0.15) is 11.9 Å². The topological polar surface area (TPSA) is 84.0 Å². The summed E-state index contributed by atoms with van der Waals surface area (Å²) in [5.74, 6) is 0.974. The maximum absolute atomic E-state index is 9.02. The Hall–Kier alpha value is -2.74. The number of rotatable bonds is 4. The van der Waals surface area contributed by atoms with Gasteiger partial charge in [0.05, 0.1) is 23.5 Å². The minimum Gasteiger partial charge on any atom is -0.476 e. The third-order valence-electron chi connectivity index (χ3n) is 2.48. The van der Waals surface area contributed by atoms with Crippen LogP contribution in [-0.4, -0.2) is 11.6 Å². The van der Waals surface area contributed by atoms with Crippen LogP contribution in [0.3, 0.4) is 0 Å².